The molecule has 31 heavy (non-hydrogen) atoms. The Balaban J connectivity index is 1.43. The highest BCUT2D eigenvalue weighted by molar-refractivity contribution is 6.22. The number of likely N-dealkylation sites (tertiary alicyclic amines) is 1. The van der Waals surface area contributed by atoms with Gasteiger partial charge in [0.25, 0.3) is 5.69 Å². The van der Waals surface area contributed by atoms with Crippen LogP contribution in [-0.2, 0) is 9.59 Å². The number of piperidine rings is 1. The van der Waals surface area contributed by atoms with Crippen LogP contribution in [0.2, 0.25) is 0 Å². The number of amides is 2. The van der Waals surface area contributed by atoms with Crippen LogP contribution >= 0.6 is 0 Å². The number of imide groups is 1. The predicted octanol–water partition coefficient (Wildman–Crippen LogP) is 3.73. The summed E-state index contributed by atoms with van der Waals surface area (Å²) in [6, 6.07) is 5.17. The van der Waals surface area contributed by atoms with E-state index < -0.39 is 4.92 Å². The quantitative estimate of drug-likeness (QED) is 0.235. The van der Waals surface area contributed by atoms with E-state index in [-0.39, 0.29) is 35.0 Å². The average Bonchev–Trinajstić information content (AvgIpc) is 3.03. The second-order valence-electron chi connectivity index (χ2n) is 8.79. The van der Waals surface area contributed by atoms with Crippen LogP contribution in [0, 0.1) is 22.0 Å². The summed E-state index contributed by atoms with van der Waals surface area (Å²) in [5.41, 5.74) is 0.583. The summed E-state index contributed by atoms with van der Waals surface area (Å²) in [6.45, 7) is 4.96. The largest absolute Gasteiger partial charge is 0.379 e. The van der Waals surface area contributed by atoms with Crippen molar-refractivity contribution in [3.8, 4) is 0 Å². The number of fused-ring (bicyclic) bond motifs is 1. The van der Waals surface area contributed by atoms with Crippen molar-refractivity contribution < 1.29 is 14.5 Å². The summed E-state index contributed by atoms with van der Waals surface area (Å²) >= 11 is 0. The fourth-order valence-electron chi connectivity index (χ4n) is 5.01. The molecule has 8 nitrogen and oxygen atoms in total. The lowest BCUT2D eigenvalue weighted by Crippen LogP contribution is -2.38. The van der Waals surface area contributed by atoms with Gasteiger partial charge in [-0.05, 0) is 57.7 Å². The van der Waals surface area contributed by atoms with E-state index >= 15 is 0 Å². The number of allylic oxidation sites excluding steroid dienone is 2. The third-order valence-electron chi connectivity index (χ3n) is 6.82. The van der Waals surface area contributed by atoms with Crippen LogP contribution in [0.25, 0.3) is 0 Å². The number of nitro benzene ring substituents is 1. The van der Waals surface area contributed by atoms with Gasteiger partial charge in [-0.1, -0.05) is 18.6 Å². The van der Waals surface area contributed by atoms with E-state index in [1.54, 1.807) is 12.1 Å². The molecule has 2 aliphatic heterocycles. The fraction of sp³-hybridized carbons (Fsp3) is 0.565. The maximum Gasteiger partial charge on any atom is 0.294 e. The number of nitrogens with one attached hydrogen (secondary N) is 1. The van der Waals surface area contributed by atoms with Gasteiger partial charge < -0.3 is 10.2 Å². The van der Waals surface area contributed by atoms with E-state index in [0.29, 0.717) is 31.1 Å². The Kier molecular flexibility index (Phi) is 6.36. The van der Waals surface area contributed by atoms with Crippen LogP contribution in [0.5, 0.6) is 0 Å². The van der Waals surface area contributed by atoms with E-state index in [2.05, 4.69) is 17.1 Å². The fourth-order valence-corrected chi connectivity index (χ4v) is 5.01. The van der Waals surface area contributed by atoms with Crippen LogP contribution < -0.4 is 10.2 Å². The van der Waals surface area contributed by atoms with Crippen LogP contribution in [0.3, 0.4) is 0 Å². The summed E-state index contributed by atoms with van der Waals surface area (Å²) in [4.78, 5) is 40.4. The Morgan fingerprint density at radius 3 is 2.48 bits per heavy atom. The van der Waals surface area contributed by atoms with Crippen LogP contribution in [0.15, 0.2) is 30.4 Å². The van der Waals surface area contributed by atoms with Gasteiger partial charge in [-0.3, -0.25) is 19.7 Å². The van der Waals surface area contributed by atoms with Crippen molar-refractivity contribution in [1.29, 1.82) is 0 Å². The maximum atomic E-state index is 12.8. The van der Waals surface area contributed by atoms with Gasteiger partial charge in [-0.25, -0.2) is 4.90 Å². The van der Waals surface area contributed by atoms with Crippen molar-refractivity contribution in [2.24, 2.45) is 11.8 Å². The lowest BCUT2D eigenvalue weighted by atomic mass is 9.85. The van der Waals surface area contributed by atoms with Crippen molar-refractivity contribution in [3.63, 3.8) is 0 Å². The highest BCUT2D eigenvalue weighted by Crippen LogP contribution is 2.39. The number of hydrogen-bond donors (Lipinski definition) is 1. The summed E-state index contributed by atoms with van der Waals surface area (Å²) < 4.78 is 0. The molecule has 4 rings (SSSR count). The Bertz CT molecular complexity index is 874. The zero-order valence-corrected chi connectivity index (χ0v) is 18.0. The molecule has 2 heterocycles. The van der Waals surface area contributed by atoms with Gasteiger partial charge >= 0.3 is 0 Å². The first-order valence-electron chi connectivity index (χ1n) is 11.3. The molecule has 0 radical (unpaired) electrons. The number of carbonyl (C=O) groups is 2. The van der Waals surface area contributed by atoms with Crippen molar-refractivity contribution in [2.45, 2.75) is 51.5 Å². The Morgan fingerprint density at radius 1 is 1.13 bits per heavy atom. The van der Waals surface area contributed by atoms with Gasteiger partial charge in [0, 0.05) is 25.2 Å². The van der Waals surface area contributed by atoms with Crippen LogP contribution in [-0.4, -0.2) is 47.3 Å². The Hall–Kier alpha value is -2.74. The molecule has 0 aromatic heterocycles. The molecule has 3 aliphatic rings. The number of hydrogen-bond acceptors (Lipinski definition) is 6. The van der Waals surface area contributed by atoms with Crippen molar-refractivity contribution in [2.75, 3.05) is 29.9 Å². The Labute approximate surface area is 182 Å². The summed E-state index contributed by atoms with van der Waals surface area (Å²) in [5, 5.41) is 14.9. The van der Waals surface area contributed by atoms with E-state index in [9.17, 15) is 19.7 Å². The standard InChI is InChI=1S/C23H30N4O4/c1-16-7-4-5-13-25(16)14-6-12-24-20-11-10-17(15-21(20)27(30)31)26-22(28)18-8-2-3-9-19(18)23(26)29/h2-3,10-11,15-16,18-19,24H,4-9,12-14H2,1H3. The first-order valence-corrected chi connectivity index (χ1v) is 11.3. The molecule has 1 N–H and O–H groups in total. The molecule has 1 aliphatic carbocycles. The molecular weight excluding hydrogens is 396 g/mol. The lowest BCUT2D eigenvalue weighted by Gasteiger charge is -2.33. The number of rotatable bonds is 7. The number of benzene rings is 1. The number of nitrogens with zero attached hydrogens (tertiary/aromatic N) is 3. The van der Waals surface area contributed by atoms with E-state index in [0.717, 1.165) is 24.4 Å². The third kappa shape index (κ3) is 4.35. The molecule has 2 saturated heterocycles. The highest BCUT2D eigenvalue weighted by Gasteiger charge is 2.48. The average molecular weight is 427 g/mol. The van der Waals surface area contributed by atoms with Crippen molar-refractivity contribution in [3.05, 3.63) is 40.5 Å². The van der Waals surface area contributed by atoms with Crippen LogP contribution in [0.4, 0.5) is 17.1 Å². The molecule has 3 atom stereocenters. The molecule has 3 unspecified atom stereocenters. The minimum Gasteiger partial charge on any atom is -0.379 e. The normalized spacial score (nSPS) is 26.2. The Morgan fingerprint density at radius 2 is 1.84 bits per heavy atom. The molecule has 0 spiro atoms. The van der Waals surface area contributed by atoms with E-state index in [1.807, 2.05) is 12.2 Å². The molecule has 0 bridgehead atoms. The molecule has 2 amide bonds. The van der Waals surface area contributed by atoms with E-state index in [1.165, 1.54) is 25.3 Å². The number of nitro groups is 1. The zero-order valence-electron chi connectivity index (χ0n) is 18.0. The summed E-state index contributed by atoms with van der Waals surface area (Å²) in [6.07, 6.45) is 9.58. The zero-order chi connectivity index (χ0) is 22.0. The molecular formula is C23H30N4O4. The van der Waals surface area contributed by atoms with Gasteiger partial charge in [-0.2, -0.15) is 0 Å². The topological polar surface area (TPSA) is 95.8 Å². The monoisotopic (exact) mass is 426 g/mol. The smallest absolute Gasteiger partial charge is 0.294 e. The maximum absolute atomic E-state index is 12.8. The molecule has 1 aromatic carbocycles. The first-order chi connectivity index (χ1) is 15.0. The molecule has 0 saturated carbocycles. The van der Waals surface area contributed by atoms with Crippen molar-refractivity contribution >= 4 is 28.9 Å². The summed E-state index contributed by atoms with van der Waals surface area (Å²) in [7, 11) is 0. The predicted molar refractivity (Wildman–Crippen MR) is 119 cm³/mol. The minimum atomic E-state index is -0.460. The third-order valence-corrected chi connectivity index (χ3v) is 6.82. The molecule has 166 valence electrons. The minimum absolute atomic E-state index is 0.113. The molecule has 1 aromatic rings. The van der Waals surface area contributed by atoms with Gasteiger partial charge in [0.1, 0.15) is 5.69 Å². The molecule has 2 fully saturated rings. The highest BCUT2D eigenvalue weighted by atomic mass is 16.6. The summed E-state index contributed by atoms with van der Waals surface area (Å²) in [5.74, 6) is -1.23. The van der Waals surface area contributed by atoms with Gasteiger partial charge in [0.05, 0.1) is 22.4 Å². The lowest BCUT2D eigenvalue weighted by molar-refractivity contribution is -0.383. The van der Waals surface area contributed by atoms with Gasteiger partial charge in [0.2, 0.25) is 11.8 Å². The SMILES string of the molecule is CC1CCCCN1CCCNc1ccc(N2C(=O)C3CC=CCC3C2=O)cc1[N+](=O)[O-]. The van der Waals surface area contributed by atoms with Gasteiger partial charge in [0.15, 0.2) is 0 Å². The van der Waals surface area contributed by atoms with Crippen molar-refractivity contribution in [1.82, 2.24) is 4.90 Å². The second-order valence-corrected chi connectivity index (χ2v) is 8.79. The second kappa shape index (κ2) is 9.18. The number of carbonyl (C=O) groups excluding carboxylic acids is 2. The number of anilines is 2. The van der Waals surface area contributed by atoms with E-state index in [4.69, 9.17) is 0 Å². The molecule has 8 heteroatoms. The van der Waals surface area contributed by atoms with Gasteiger partial charge in [-0.15, -0.1) is 0 Å². The first kappa shape index (κ1) is 21.5. The van der Waals surface area contributed by atoms with Crippen LogP contribution in [0.1, 0.15) is 45.4 Å².